The molecule has 1 N–H and O–H groups in total. The molecule has 0 aliphatic carbocycles. The fraction of sp³-hybridized carbons (Fsp3) is 0.263. The number of carbonyl (C=O) groups is 1. The number of rotatable bonds is 1. The van der Waals surface area contributed by atoms with Crippen LogP contribution < -0.4 is 0 Å². The highest BCUT2D eigenvalue weighted by atomic mass is 32.1. The van der Waals surface area contributed by atoms with Gasteiger partial charge in [-0.1, -0.05) is 38.7 Å². The lowest BCUT2D eigenvalue weighted by Gasteiger charge is -2.19. The monoisotopic (exact) mass is 351 g/mol. The van der Waals surface area contributed by atoms with Crippen LogP contribution in [0.15, 0.2) is 24.3 Å². The van der Waals surface area contributed by atoms with Crippen LogP contribution in [0.3, 0.4) is 0 Å². The summed E-state index contributed by atoms with van der Waals surface area (Å²) in [7, 11) is 0. The maximum absolute atomic E-state index is 11.1. The Bertz CT molecular complexity index is 1040. The van der Waals surface area contributed by atoms with Crippen LogP contribution in [0.5, 0.6) is 0 Å². The number of aromatic carboxylic acids is 1. The summed E-state index contributed by atoms with van der Waals surface area (Å²) in [5.41, 5.74) is 4.77. The van der Waals surface area contributed by atoms with Gasteiger partial charge in [0.15, 0.2) is 0 Å². The van der Waals surface area contributed by atoms with Gasteiger partial charge in [0.1, 0.15) is 16.7 Å². The lowest BCUT2D eigenvalue weighted by Crippen LogP contribution is -2.11. The summed E-state index contributed by atoms with van der Waals surface area (Å²) in [6.07, 6.45) is 0. The van der Waals surface area contributed by atoms with Crippen LogP contribution in [0.2, 0.25) is 0 Å². The van der Waals surface area contributed by atoms with E-state index in [1.807, 2.05) is 12.1 Å². The summed E-state index contributed by atoms with van der Waals surface area (Å²) in [6, 6.07) is 7.22. The van der Waals surface area contributed by atoms with Crippen molar-refractivity contribution in [2.75, 3.05) is 0 Å². The normalized spacial score (nSPS) is 11.2. The van der Waals surface area contributed by atoms with Crippen molar-refractivity contribution < 1.29 is 9.90 Å². The van der Waals surface area contributed by atoms with Gasteiger partial charge < -0.3 is 5.11 Å². The number of aromatic nitrogens is 3. The molecule has 0 aliphatic heterocycles. The molecular formula is C19H17N3O2S. The third-order valence-corrected chi connectivity index (χ3v) is 4.27. The molecule has 0 spiro atoms. The first-order chi connectivity index (χ1) is 11.8. The van der Waals surface area contributed by atoms with Gasteiger partial charge in [-0.25, -0.2) is 9.78 Å². The van der Waals surface area contributed by atoms with Crippen molar-refractivity contribution in [1.29, 1.82) is 0 Å². The predicted octanol–water partition coefficient (Wildman–Crippen LogP) is 3.79. The van der Waals surface area contributed by atoms with Gasteiger partial charge >= 0.3 is 5.97 Å². The van der Waals surface area contributed by atoms with Crippen LogP contribution in [0, 0.1) is 18.8 Å². The number of nitrogens with zero attached hydrogens (tertiary/aromatic N) is 3. The second kappa shape index (κ2) is 6.26. The lowest BCUT2D eigenvalue weighted by molar-refractivity contribution is 0.0690. The zero-order valence-corrected chi connectivity index (χ0v) is 15.2. The molecule has 2 aromatic heterocycles. The standard InChI is InChI=1S/C19H17N3O2S/c1-11-9-12(10-15(20-11)18(23)24)5-6-13-7-8-14(19(2,3)4)17-16(13)21-25-22-17/h7-10H,1-4H3,(H,23,24). The van der Waals surface area contributed by atoms with Crippen molar-refractivity contribution in [2.24, 2.45) is 0 Å². The van der Waals surface area contributed by atoms with Gasteiger partial charge in [-0.2, -0.15) is 8.75 Å². The van der Waals surface area contributed by atoms with Crippen LogP contribution >= 0.6 is 11.7 Å². The van der Waals surface area contributed by atoms with E-state index in [4.69, 9.17) is 5.11 Å². The Morgan fingerprint density at radius 2 is 1.84 bits per heavy atom. The molecule has 0 saturated heterocycles. The van der Waals surface area contributed by atoms with Crippen LogP contribution in [0.1, 0.15) is 53.6 Å². The molecule has 0 bridgehead atoms. The highest BCUT2D eigenvalue weighted by Gasteiger charge is 2.20. The van der Waals surface area contributed by atoms with E-state index in [0.717, 1.165) is 22.2 Å². The quantitative estimate of drug-likeness (QED) is 0.675. The largest absolute Gasteiger partial charge is 0.477 e. The second-order valence-electron chi connectivity index (χ2n) is 6.81. The Balaban J connectivity index is 2.08. The molecule has 5 nitrogen and oxygen atoms in total. The fourth-order valence-corrected chi connectivity index (χ4v) is 3.14. The zero-order valence-electron chi connectivity index (χ0n) is 14.4. The summed E-state index contributed by atoms with van der Waals surface area (Å²) >= 11 is 1.17. The van der Waals surface area contributed by atoms with Crippen LogP contribution in [-0.2, 0) is 5.41 Å². The predicted molar refractivity (Wildman–Crippen MR) is 98.0 cm³/mol. The molecule has 0 aliphatic rings. The van der Waals surface area contributed by atoms with E-state index in [0.29, 0.717) is 11.3 Å². The smallest absolute Gasteiger partial charge is 0.354 e. The number of aryl methyl sites for hydroxylation is 1. The fourth-order valence-electron chi connectivity index (χ4n) is 2.56. The minimum absolute atomic E-state index is 0.00662. The van der Waals surface area contributed by atoms with Gasteiger partial charge in [-0.15, -0.1) is 0 Å². The van der Waals surface area contributed by atoms with Crippen LogP contribution in [-0.4, -0.2) is 24.8 Å². The molecule has 1 aromatic carbocycles. The van der Waals surface area contributed by atoms with Gasteiger partial charge in [0, 0.05) is 11.3 Å². The third-order valence-electron chi connectivity index (χ3n) is 3.74. The summed E-state index contributed by atoms with van der Waals surface area (Å²) in [5.74, 6) is 5.05. The maximum atomic E-state index is 11.1. The minimum Gasteiger partial charge on any atom is -0.477 e. The van der Waals surface area contributed by atoms with Crippen molar-refractivity contribution in [3.05, 3.63) is 52.3 Å². The van der Waals surface area contributed by atoms with Gasteiger partial charge in [-0.05, 0) is 36.1 Å². The molecule has 126 valence electrons. The minimum atomic E-state index is -1.06. The first-order valence-electron chi connectivity index (χ1n) is 7.75. The van der Waals surface area contributed by atoms with E-state index in [-0.39, 0.29) is 11.1 Å². The zero-order chi connectivity index (χ0) is 18.2. The average molecular weight is 351 g/mol. The highest BCUT2D eigenvalue weighted by Crippen LogP contribution is 2.30. The van der Waals surface area contributed by atoms with E-state index in [2.05, 4.69) is 46.3 Å². The van der Waals surface area contributed by atoms with E-state index in [1.54, 1.807) is 13.0 Å². The van der Waals surface area contributed by atoms with Crippen LogP contribution in [0.25, 0.3) is 11.0 Å². The molecule has 0 unspecified atom stereocenters. The topological polar surface area (TPSA) is 76.0 Å². The van der Waals surface area contributed by atoms with Gasteiger partial charge in [0.2, 0.25) is 0 Å². The van der Waals surface area contributed by atoms with Gasteiger partial charge in [-0.3, -0.25) is 0 Å². The molecule has 6 heteroatoms. The van der Waals surface area contributed by atoms with Crippen LogP contribution in [0.4, 0.5) is 0 Å². The number of pyridine rings is 1. The molecule has 0 saturated carbocycles. The van der Waals surface area contributed by atoms with E-state index in [1.165, 1.54) is 17.8 Å². The number of fused-ring (bicyclic) bond motifs is 1. The summed E-state index contributed by atoms with van der Waals surface area (Å²) in [5, 5.41) is 9.11. The Labute approximate surface area is 150 Å². The van der Waals surface area contributed by atoms with Gasteiger partial charge in [0.25, 0.3) is 0 Å². The van der Waals surface area contributed by atoms with Gasteiger partial charge in [0.05, 0.1) is 17.3 Å². The molecule has 0 atom stereocenters. The number of hydrogen-bond donors (Lipinski definition) is 1. The molecule has 25 heavy (non-hydrogen) atoms. The van der Waals surface area contributed by atoms with Crippen molar-refractivity contribution in [2.45, 2.75) is 33.1 Å². The average Bonchev–Trinajstić information content (AvgIpc) is 3.00. The molecule has 0 amide bonds. The van der Waals surface area contributed by atoms with E-state index >= 15 is 0 Å². The summed E-state index contributed by atoms with van der Waals surface area (Å²) in [6.45, 7) is 8.16. The number of carboxylic acid groups (broad SMARTS) is 1. The molecule has 2 heterocycles. The van der Waals surface area contributed by atoms with E-state index in [9.17, 15) is 4.79 Å². The van der Waals surface area contributed by atoms with E-state index < -0.39 is 5.97 Å². The Morgan fingerprint density at radius 1 is 1.12 bits per heavy atom. The van der Waals surface area contributed by atoms with Crippen molar-refractivity contribution >= 4 is 28.7 Å². The number of hydrogen-bond acceptors (Lipinski definition) is 5. The SMILES string of the molecule is Cc1cc(C#Cc2ccc(C(C)(C)C)c3nsnc23)cc(C(=O)O)n1. The highest BCUT2D eigenvalue weighted by molar-refractivity contribution is 7.00. The van der Waals surface area contributed by atoms with Crippen molar-refractivity contribution in [3.63, 3.8) is 0 Å². The lowest BCUT2D eigenvalue weighted by atomic mass is 9.85. The molecule has 3 rings (SSSR count). The third kappa shape index (κ3) is 3.52. The molecule has 3 aromatic rings. The number of carboxylic acids is 1. The Kier molecular flexibility index (Phi) is 4.27. The second-order valence-corrected chi connectivity index (χ2v) is 7.34. The Morgan fingerprint density at radius 3 is 2.52 bits per heavy atom. The first kappa shape index (κ1) is 17.1. The molecular weight excluding hydrogens is 334 g/mol. The maximum Gasteiger partial charge on any atom is 0.354 e. The molecule has 0 radical (unpaired) electrons. The summed E-state index contributed by atoms with van der Waals surface area (Å²) < 4.78 is 8.82. The molecule has 0 fully saturated rings. The first-order valence-corrected chi connectivity index (χ1v) is 8.48. The number of benzene rings is 1. The Hall–Kier alpha value is -2.78. The van der Waals surface area contributed by atoms with Crippen molar-refractivity contribution in [3.8, 4) is 11.8 Å². The van der Waals surface area contributed by atoms with Crippen molar-refractivity contribution in [1.82, 2.24) is 13.7 Å². The summed E-state index contributed by atoms with van der Waals surface area (Å²) in [4.78, 5) is 15.1.